The van der Waals surface area contributed by atoms with Crippen molar-refractivity contribution in [1.29, 1.82) is 0 Å². The van der Waals surface area contributed by atoms with Gasteiger partial charge in [0.15, 0.2) is 5.37 Å². The van der Waals surface area contributed by atoms with Crippen molar-refractivity contribution in [2.45, 2.75) is 10.3 Å². The molecule has 0 fully saturated rings. The molecule has 1 atom stereocenters. The lowest BCUT2D eigenvalue weighted by Gasteiger charge is -2.18. The Balaban J connectivity index is 1.93. The van der Waals surface area contributed by atoms with Crippen LogP contribution < -0.4 is 4.90 Å². The van der Waals surface area contributed by atoms with Crippen LogP contribution in [0.3, 0.4) is 0 Å². The number of carbonyl (C=O) groups excluding carboxylic acids is 1. The van der Waals surface area contributed by atoms with Crippen LogP contribution in [0, 0.1) is 11.8 Å². The van der Waals surface area contributed by atoms with Gasteiger partial charge < -0.3 is 4.74 Å². The average molecular weight is 295 g/mol. The topological polar surface area (TPSA) is 29.5 Å². The summed E-state index contributed by atoms with van der Waals surface area (Å²) in [5, 5.41) is -0.268. The van der Waals surface area contributed by atoms with Crippen LogP contribution in [-0.4, -0.2) is 18.6 Å². The lowest BCUT2D eigenvalue weighted by molar-refractivity contribution is 0.179. The maximum atomic E-state index is 12.0. The predicted octanol–water partition coefficient (Wildman–Crippen LogP) is 3.74. The standard InChI is InChI=1S/C17H13NO2S/c1-20-17(19)18-14-9-5-6-10-15(14)21-16(18)12-11-13-7-3-2-4-8-13/h2-10,16H,1H3. The van der Waals surface area contributed by atoms with E-state index in [9.17, 15) is 4.79 Å². The Hall–Kier alpha value is -2.38. The lowest BCUT2D eigenvalue weighted by Crippen LogP contribution is -2.34. The van der Waals surface area contributed by atoms with Crippen molar-refractivity contribution in [3.05, 3.63) is 60.2 Å². The minimum atomic E-state index is -0.389. The van der Waals surface area contributed by atoms with Crippen LogP contribution in [0.5, 0.6) is 0 Å². The third-order valence-corrected chi connectivity index (χ3v) is 4.23. The summed E-state index contributed by atoms with van der Waals surface area (Å²) in [7, 11) is 1.38. The number of carbonyl (C=O) groups is 1. The van der Waals surface area contributed by atoms with E-state index in [0.717, 1.165) is 16.1 Å². The normalized spacial score (nSPS) is 15.9. The molecule has 1 amide bonds. The molecule has 0 N–H and O–H groups in total. The summed E-state index contributed by atoms with van der Waals surface area (Å²) in [5.74, 6) is 6.26. The number of hydrogen-bond acceptors (Lipinski definition) is 3. The first kappa shape index (κ1) is 13.6. The second-order valence-electron chi connectivity index (χ2n) is 4.41. The van der Waals surface area contributed by atoms with Gasteiger partial charge in [0, 0.05) is 10.5 Å². The van der Waals surface area contributed by atoms with E-state index in [0.29, 0.717) is 0 Å². The molecule has 1 aliphatic heterocycles. The van der Waals surface area contributed by atoms with Gasteiger partial charge in [-0.3, -0.25) is 4.90 Å². The van der Waals surface area contributed by atoms with Crippen molar-refractivity contribution in [2.75, 3.05) is 12.0 Å². The molecule has 21 heavy (non-hydrogen) atoms. The molecule has 2 aromatic carbocycles. The zero-order chi connectivity index (χ0) is 14.7. The number of thioether (sulfide) groups is 1. The van der Waals surface area contributed by atoms with Crippen LogP contribution >= 0.6 is 11.8 Å². The Labute approximate surface area is 127 Å². The zero-order valence-corrected chi connectivity index (χ0v) is 12.3. The van der Waals surface area contributed by atoms with Gasteiger partial charge in [0.1, 0.15) is 0 Å². The number of anilines is 1. The fourth-order valence-corrected chi connectivity index (χ4v) is 3.22. The third kappa shape index (κ3) is 2.74. The maximum absolute atomic E-state index is 12.0. The quantitative estimate of drug-likeness (QED) is 0.693. The molecule has 4 heteroatoms. The molecule has 3 nitrogen and oxygen atoms in total. The Morgan fingerprint density at radius 1 is 1.14 bits per heavy atom. The average Bonchev–Trinajstić information content (AvgIpc) is 2.91. The molecule has 3 rings (SSSR count). The highest BCUT2D eigenvalue weighted by Crippen LogP contribution is 2.43. The summed E-state index contributed by atoms with van der Waals surface area (Å²) < 4.78 is 4.88. The van der Waals surface area contributed by atoms with Gasteiger partial charge in [-0.2, -0.15) is 0 Å². The molecule has 0 saturated carbocycles. The van der Waals surface area contributed by atoms with E-state index in [1.807, 2.05) is 54.6 Å². The number of amides is 1. The van der Waals surface area contributed by atoms with Gasteiger partial charge in [0.25, 0.3) is 0 Å². The van der Waals surface area contributed by atoms with E-state index >= 15 is 0 Å². The van der Waals surface area contributed by atoms with Gasteiger partial charge in [-0.15, -0.1) is 0 Å². The van der Waals surface area contributed by atoms with Crippen molar-refractivity contribution in [3.8, 4) is 11.8 Å². The first-order valence-corrected chi connectivity index (χ1v) is 7.37. The van der Waals surface area contributed by atoms with Gasteiger partial charge in [-0.05, 0) is 24.3 Å². The number of methoxy groups -OCH3 is 1. The molecule has 0 spiro atoms. The largest absolute Gasteiger partial charge is 0.452 e. The molecule has 0 radical (unpaired) electrons. The molecule has 0 saturated heterocycles. The first-order chi connectivity index (χ1) is 10.3. The molecule has 0 bridgehead atoms. The van der Waals surface area contributed by atoms with Crippen LogP contribution in [0.25, 0.3) is 0 Å². The second-order valence-corrected chi connectivity index (χ2v) is 5.54. The monoisotopic (exact) mass is 295 g/mol. The summed E-state index contributed by atoms with van der Waals surface area (Å²) in [5.41, 5.74) is 1.78. The summed E-state index contributed by atoms with van der Waals surface area (Å²) in [4.78, 5) is 14.7. The van der Waals surface area contributed by atoms with Crippen molar-refractivity contribution in [3.63, 3.8) is 0 Å². The molecule has 104 valence electrons. The third-order valence-electron chi connectivity index (χ3n) is 3.08. The SMILES string of the molecule is COC(=O)N1c2ccccc2SC1C#Cc1ccccc1. The van der Waals surface area contributed by atoms with Gasteiger partial charge in [0.2, 0.25) is 0 Å². The summed E-state index contributed by atoms with van der Waals surface area (Å²) >= 11 is 1.56. The Kier molecular flexibility index (Phi) is 3.85. The Morgan fingerprint density at radius 3 is 2.62 bits per heavy atom. The van der Waals surface area contributed by atoms with Gasteiger partial charge in [-0.25, -0.2) is 4.79 Å². The van der Waals surface area contributed by atoms with Crippen molar-refractivity contribution < 1.29 is 9.53 Å². The number of para-hydroxylation sites is 1. The first-order valence-electron chi connectivity index (χ1n) is 6.49. The van der Waals surface area contributed by atoms with Crippen LogP contribution in [-0.2, 0) is 4.74 Å². The van der Waals surface area contributed by atoms with Crippen molar-refractivity contribution in [1.82, 2.24) is 0 Å². The number of hydrogen-bond donors (Lipinski definition) is 0. The van der Waals surface area contributed by atoms with Crippen LogP contribution in [0.1, 0.15) is 5.56 Å². The fraction of sp³-hybridized carbons (Fsp3) is 0.118. The molecule has 0 aromatic heterocycles. The highest BCUT2D eigenvalue weighted by molar-refractivity contribution is 8.00. The van der Waals surface area contributed by atoms with Crippen LogP contribution in [0.2, 0.25) is 0 Å². The van der Waals surface area contributed by atoms with E-state index in [2.05, 4.69) is 11.8 Å². The Morgan fingerprint density at radius 2 is 1.86 bits per heavy atom. The maximum Gasteiger partial charge on any atom is 0.415 e. The Bertz CT molecular complexity index is 718. The number of ether oxygens (including phenoxy) is 1. The fourth-order valence-electron chi connectivity index (χ4n) is 2.11. The summed E-state index contributed by atoms with van der Waals surface area (Å²) in [6.45, 7) is 0. The molecule has 2 aromatic rings. The van der Waals surface area contributed by atoms with Crippen LogP contribution in [0.15, 0.2) is 59.5 Å². The molecule has 1 heterocycles. The molecule has 1 aliphatic rings. The number of fused-ring (bicyclic) bond motifs is 1. The number of benzene rings is 2. The highest BCUT2D eigenvalue weighted by atomic mass is 32.2. The van der Waals surface area contributed by atoms with Crippen LogP contribution in [0.4, 0.5) is 10.5 Å². The van der Waals surface area contributed by atoms with Gasteiger partial charge in [-0.1, -0.05) is 53.9 Å². The number of rotatable bonds is 0. The van der Waals surface area contributed by atoms with Crippen molar-refractivity contribution in [2.24, 2.45) is 0 Å². The van der Waals surface area contributed by atoms with E-state index in [1.54, 1.807) is 16.7 Å². The van der Waals surface area contributed by atoms with E-state index in [-0.39, 0.29) is 11.5 Å². The molecule has 0 aliphatic carbocycles. The van der Waals surface area contributed by atoms with E-state index < -0.39 is 0 Å². The number of nitrogens with zero attached hydrogens (tertiary/aromatic N) is 1. The predicted molar refractivity (Wildman–Crippen MR) is 84.3 cm³/mol. The van der Waals surface area contributed by atoms with Gasteiger partial charge in [0.05, 0.1) is 12.8 Å². The summed E-state index contributed by atoms with van der Waals surface area (Å²) in [6.07, 6.45) is -0.389. The highest BCUT2D eigenvalue weighted by Gasteiger charge is 2.34. The zero-order valence-electron chi connectivity index (χ0n) is 11.4. The minimum Gasteiger partial charge on any atom is -0.452 e. The van der Waals surface area contributed by atoms with E-state index in [4.69, 9.17) is 4.74 Å². The van der Waals surface area contributed by atoms with Crippen molar-refractivity contribution >= 4 is 23.5 Å². The minimum absolute atomic E-state index is 0.268. The molecule has 1 unspecified atom stereocenters. The van der Waals surface area contributed by atoms with E-state index in [1.165, 1.54) is 7.11 Å². The van der Waals surface area contributed by atoms with Gasteiger partial charge >= 0.3 is 6.09 Å². The lowest BCUT2D eigenvalue weighted by atomic mass is 10.2. The smallest absolute Gasteiger partial charge is 0.415 e. The molecular formula is C17H13NO2S. The summed E-state index contributed by atoms with van der Waals surface area (Å²) in [6, 6.07) is 17.5. The molecular weight excluding hydrogens is 282 g/mol. The second kappa shape index (κ2) is 5.94.